The summed E-state index contributed by atoms with van der Waals surface area (Å²) in [4.78, 5) is 38.9. The van der Waals surface area contributed by atoms with Crippen molar-refractivity contribution in [2.45, 2.75) is 51.7 Å². The van der Waals surface area contributed by atoms with Gasteiger partial charge in [-0.05, 0) is 44.9 Å². The predicted molar refractivity (Wildman–Crippen MR) is 193 cm³/mol. The average molecular weight is 695 g/mol. The average Bonchev–Trinajstić information content (AvgIpc) is 3.76. The van der Waals surface area contributed by atoms with Crippen LogP contribution in [-0.2, 0) is 22.3 Å². The summed E-state index contributed by atoms with van der Waals surface area (Å²) in [6, 6.07) is 23.9. The Morgan fingerprint density at radius 1 is 0.941 bits per heavy atom. The van der Waals surface area contributed by atoms with E-state index in [-0.39, 0.29) is 25.7 Å². The molecule has 2 aromatic carbocycles. The van der Waals surface area contributed by atoms with Gasteiger partial charge < -0.3 is 29.2 Å². The molecule has 1 aliphatic rings. The van der Waals surface area contributed by atoms with Crippen molar-refractivity contribution in [1.29, 1.82) is 0 Å². The number of morpholine rings is 1. The molecule has 1 aliphatic heterocycles. The summed E-state index contributed by atoms with van der Waals surface area (Å²) in [7, 11) is 0. The number of fused-ring (bicyclic) bond motifs is 1. The van der Waals surface area contributed by atoms with Gasteiger partial charge >= 0.3 is 12.2 Å². The monoisotopic (exact) mass is 694 g/mol. The Labute approximate surface area is 298 Å². The van der Waals surface area contributed by atoms with Crippen LogP contribution in [0.2, 0.25) is 0 Å². The van der Waals surface area contributed by atoms with E-state index in [1.54, 1.807) is 27.0 Å². The van der Waals surface area contributed by atoms with Crippen molar-refractivity contribution in [3.63, 3.8) is 0 Å². The van der Waals surface area contributed by atoms with Gasteiger partial charge in [0.2, 0.25) is 0 Å². The number of benzene rings is 2. The molecule has 2 amide bonds. The van der Waals surface area contributed by atoms with Crippen molar-refractivity contribution in [3.05, 3.63) is 114 Å². The quantitative estimate of drug-likeness (QED) is 0.143. The largest absolute Gasteiger partial charge is 0.469 e. The molecule has 268 valence electrons. The lowest BCUT2D eigenvalue weighted by atomic mass is 10.0. The van der Waals surface area contributed by atoms with E-state index in [2.05, 4.69) is 45.1 Å². The molecule has 12 heteroatoms. The fraction of sp³-hybridized carbons (Fsp3) is 0.385. The standard InChI is InChI=1S/C39H46N6O6/c1-39(2,3)51-37(46)40-17-19-44(38(47)48)18-16-34(43-20-23-49-24-21-43)35-31(26-30-15-10-22-50-30)42-36-32(25-28-11-6-4-7-12-28)41-33(27-45(35)36)29-13-8-5-9-14-29/h4-15,22,27,34H,16-21,23-26H2,1-3H3,(H,40,46)(H,47,48). The lowest BCUT2D eigenvalue weighted by molar-refractivity contribution is 0.0109. The van der Waals surface area contributed by atoms with Crippen LogP contribution in [-0.4, -0.2) is 93.0 Å². The van der Waals surface area contributed by atoms with Crippen LogP contribution in [0.4, 0.5) is 9.59 Å². The molecule has 0 bridgehead atoms. The summed E-state index contributed by atoms with van der Waals surface area (Å²) in [5, 5.41) is 12.9. The van der Waals surface area contributed by atoms with Gasteiger partial charge in [-0.15, -0.1) is 0 Å². The van der Waals surface area contributed by atoms with Crippen LogP contribution in [0.3, 0.4) is 0 Å². The second-order valence-corrected chi connectivity index (χ2v) is 13.6. The summed E-state index contributed by atoms with van der Waals surface area (Å²) in [5.74, 6) is 0.779. The molecule has 0 spiro atoms. The first kappa shape index (κ1) is 35.6. The molecular weight excluding hydrogens is 648 g/mol. The maximum Gasteiger partial charge on any atom is 0.407 e. The van der Waals surface area contributed by atoms with Crippen LogP contribution >= 0.6 is 0 Å². The van der Waals surface area contributed by atoms with Gasteiger partial charge in [0, 0.05) is 50.9 Å². The van der Waals surface area contributed by atoms with Crippen LogP contribution in [0.15, 0.2) is 89.7 Å². The van der Waals surface area contributed by atoms with Crippen LogP contribution in [0, 0.1) is 0 Å². The molecule has 6 rings (SSSR count). The summed E-state index contributed by atoms with van der Waals surface area (Å²) >= 11 is 0. The third kappa shape index (κ3) is 9.33. The highest BCUT2D eigenvalue weighted by Crippen LogP contribution is 2.33. The van der Waals surface area contributed by atoms with E-state index in [9.17, 15) is 14.7 Å². The molecule has 5 aromatic rings. The first-order valence-electron chi connectivity index (χ1n) is 17.4. The highest BCUT2D eigenvalue weighted by molar-refractivity contribution is 5.68. The fourth-order valence-electron chi connectivity index (χ4n) is 6.46. The second-order valence-electron chi connectivity index (χ2n) is 13.6. The zero-order valence-electron chi connectivity index (χ0n) is 29.5. The summed E-state index contributed by atoms with van der Waals surface area (Å²) in [6.07, 6.45) is 3.60. The Hall–Kier alpha value is -5.20. The van der Waals surface area contributed by atoms with E-state index >= 15 is 0 Å². The number of hydrogen-bond acceptors (Lipinski definition) is 8. The number of nitrogens with one attached hydrogen (secondary N) is 1. The molecule has 0 aliphatic carbocycles. The molecular formula is C39H46N6O6. The molecule has 3 aromatic heterocycles. The zero-order valence-corrected chi connectivity index (χ0v) is 29.5. The van der Waals surface area contributed by atoms with Gasteiger partial charge in [0.1, 0.15) is 11.4 Å². The van der Waals surface area contributed by atoms with Crippen molar-refractivity contribution in [2.24, 2.45) is 0 Å². The topological polar surface area (TPSA) is 135 Å². The Kier molecular flexibility index (Phi) is 11.3. The maximum absolute atomic E-state index is 12.5. The van der Waals surface area contributed by atoms with E-state index in [4.69, 9.17) is 23.9 Å². The van der Waals surface area contributed by atoms with Crippen molar-refractivity contribution in [3.8, 4) is 11.3 Å². The second kappa shape index (κ2) is 16.2. The normalized spacial score (nSPS) is 14.3. The number of aromatic nitrogens is 3. The third-order valence-electron chi connectivity index (χ3n) is 8.79. The van der Waals surface area contributed by atoms with Gasteiger partial charge in [-0.2, -0.15) is 0 Å². The smallest absolute Gasteiger partial charge is 0.407 e. The lowest BCUT2D eigenvalue weighted by Crippen LogP contribution is -2.43. The van der Waals surface area contributed by atoms with Crippen molar-refractivity contribution >= 4 is 17.8 Å². The van der Waals surface area contributed by atoms with Crippen molar-refractivity contribution in [1.82, 2.24) is 29.5 Å². The number of carboxylic acid groups (broad SMARTS) is 1. The first-order chi connectivity index (χ1) is 24.6. The highest BCUT2D eigenvalue weighted by Gasteiger charge is 2.31. The maximum atomic E-state index is 12.5. The van der Waals surface area contributed by atoms with E-state index < -0.39 is 17.8 Å². The van der Waals surface area contributed by atoms with Crippen LogP contribution in [0.25, 0.3) is 16.9 Å². The Morgan fingerprint density at radius 3 is 2.33 bits per heavy atom. The van der Waals surface area contributed by atoms with Crippen LogP contribution in [0.5, 0.6) is 0 Å². The molecule has 2 N–H and O–H groups in total. The van der Waals surface area contributed by atoms with Crippen molar-refractivity contribution in [2.75, 3.05) is 45.9 Å². The predicted octanol–water partition coefficient (Wildman–Crippen LogP) is 6.44. The highest BCUT2D eigenvalue weighted by atomic mass is 16.6. The molecule has 51 heavy (non-hydrogen) atoms. The Bertz CT molecular complexity index is 1880. The number of imidazole rings is 1. The number of hydrogen-bond donors (Lipinski definition) is 2. The minimum absolute atomic E-state index is 0.111. The van der Waals surface area contributed by atoms with Crippen LogP contribution in [0.1, 0.15) is 61.6 Å². The minimum Gasteiger partial charge on any atom is -0.469 e. The molecule has 0 saturated carbocycles. The summed E-state index contributed by atoms with van der Waals surface area (Å²) in [6.45, 7) is 8.31. The van der Waals surface area contributed by atoms with Gasteiger partial charge in [0.15, 0.2) is 5.65 Å². The SMILES string of the molecule is CC(C)(C)OC(=O)NCCN(CCC(c1c(Cc2ccco2)nc2c(Cc3ccccc3)nc(-c3ccccc3)cn12)N1CCOCC1)C(=O)O. The Morgan fingerprint density at radius 2 is 1.67 bits per heavy atom. The third-order valence-corrected chi connectivity index (χ3v) is 8.79. The number of carbonyl (C=O) groups is 2. The number of rotatable bonds is 13. The molecule has 4 heterocycles. The summed E-state index contributed by atoms with van der Waals surface area (Å²) < 4.78 is 19.1. The summed E-state index contributed by atoms with van der Waals surface area (Å²) in [5.41, 5.74) is 5.68. The number of nitrogens with zero attached hydrogens (tertiary/aromatic N) is 5. The molecule has 12 nitrogen and oxygen atoms in total. The first-order valence-corrected chi connectivity index (χ1v) is 17.4. The van der Waals surface area contributed by atoms with E-state index in [1.807, 2.05) is 48.5 Å². The van der Waals surface area contributed by atoms with Gasteiger partial charge in [-0.3, -0.25) is 9.30 Å². The molecule has 1 saturated heterocycles. The molecule has 1 atom stereocenters. The number of furan rings is 1. The van der Waals surface area contributed by atoms with E-state index in [0.717, 1.165) is 45.3 Å². The molecule has 1 unspecified atom stereocenters. The fourth-order valence-corrected chi connectivity index (χ4v) is 6.46. The van der Waals surface area contributed by atoms with Crippen molar-refractivity contribution < 1.29 is 28.6 Å². The van der Waals surface area contributed by atoms with Gasteiger partial charge in [0.25, 0.3) is 0 Å². The number of alkyl carbamates (subject to hydrolysis) is 1. The van der Waals surface area contributed by atoms with Gasteiger partial charge in [0.05, 0.1) is 54.7 Å². The van der Waals surface area contributed by atoms with E-state index in [0.29, 0.717) is 45.6 Å². The number of carbonyl (C=O) groups excluding carboxylic acids is 1. The molecule has 0 radical (unpaired) electrons. The Balaban J connectivity index is 1.41. The van der Waals surface area contributed by atoms with Gasteiger partial charge in [-0.25, -0.2) is 19.6 Å². The minimum atomic E-state index is -1.06. The van der Waals surface area contributed by atoms with E-state index in [1.165, 1.54) is 4.90 Å². The lowest BCUT2D eigenvalue weighted by Gasteiger charge is -2.36. The zero-order chi connectivity index (χ0) is 35.8. The number of amides is 2. The van der Waals surface area contributed by atoms with Gasteiger partial charge in [-0.1, -0.05) is 60.7 Å². The van der Waals surface area contributed by atoms with Crippen LogP contribution < -0.4 is 5.32 Å². The molecule has 1 fully saturated rings. The number of ether oxygens (including phenoxy) is 2.